The maximum Gasteiger partial charge on any atom is 0.421 e. The van der Waals surface area contributed by atoms with Crippen molar-refractivity contribution < 1.29 is 22.3 Å². The van der Waals surface area contributed by atoms with Crippen molar-refractivity contribution in [3.05, 3.63) is 66.1 Å². The van der Waals surface area contributed by atoms with Gasteiger partial charge in [0.1, 0.15) is 22.9 Å². The van der Waals surface area contributed by atoms with Crippen molar-refractivity contribution in [1.82, 2.24) is 9.97 Å². The van der Waals surface area contributed by atoms with Crippen LogP contribution >= 0.6 is 0 Å². The average molecular weight is 446 g/mol. The zero-order chi connectivity index (χ0) is 22.6. The summed E-state index contributed by atoms with van der Waals surface area (Å²) < 4.78 is 59.6. The van der Waals surface area contributed by atoms with Gasteiger partial charge in [0, 0.05) is 17.6 Å². The van der Waals surface area contributed by atoms with E-state index in [0.717, 1.165) is 24.7 Å². The van der Waals surface area contributed by atoms with Gasteiger partial charge in [-0.25, -0.2) is 9.37 Å². The molecule has 32 heavy (non-hydrogen) atoms. The van der Waals surface area contributed by atoms with Gasteiger partial charge in [0.05, 0.1) is 6.10 Å². The Bertz CT molecular complexity index is 1050. The topological polar surface area (TPSA) is 59.1 Å². The van der Waals surface area contributed by atoms with E-state index in [1.54, 1.807) is 24.3 Å². The standard InChI is InChI=1S/C23H22F4N4O/c24-15-5-4-6-17(13-15)29-21-20(23(25,26)27)14-28-22(31-21)30-16-9-11-19(12-10-16)32-18-7-2-1-3-8-18/h4-6,9-14,18H,1-3,7-8H2,(H2,28,29,30,31). The zero-order valence-electron chi connectivity index (χ0n) is 17.1. The van der Waals surface area contributed by atoms with Crippen LogP contribution in [0.5, 0.6) is 5.75 Å². The SMILES string of the molecule is Fc1cccc(Nc2nc(Nc3ccc(OC4CCCCC4)cc3)ncc2C(F)(F)F)c1. The summed E-state index contributed by atoms with van der Waals surface area (Å²) in [4.78, 5) is 7.76. The number of aromatic nitrogens is 2. The molecule has 168 valence electrons. The van der Waals surface area contributed by atoms with Crippen molar-refractivity contribution in [3.63, 3.8) is 0 Å². The van der Waals surface area contributed by atoms with Crippen LogP contribution in [0.3, 0.4) is 0 Å². The van der Waals surface area contributed by atoms with Gasteiger partial charge in [-0.2, -0.15) is 18.2 Å². The molecule has 9 heteroatoms. The predicted molar refractivity (Wildman–Crippen MR) is 114 cm³/mol. The van der Waals surface area contributed by atoms with Crippen LogP contribution in [0.2, 0.25) is 0 Å². The van der Waals surface area contributed by atoms with Gasteiger partial charge in [-0.15, -0.1) is 0 Å². The predicted octanol–water partition coefficient (Wildman–Crippen LogP) is 6.83. The Morgan fingerprint density at radius 2 is 1.66 bits per heavy atom. The highest BCUT2D eigenvalue weighted by Gasteiger charge is 2.35. The number of ether oxygens (including phenoxy) is 1. The van der Waals surface area contributed by atoms with E-state index in [1.807, 2.05) is 0 Å². The van der Waals surface area contributed by atoms with E-state index < -0.39 is 23.4 Å². The highest BCUT2D eigenvalue weighted by Crippen LogP contribution is 2.35. The Balaban J connectivity index is 1.50. The first kappa shape index (κ1) is 21.9. The molecule has 5 nitrogen and oxygen atoms in total. The summed E-state index contributed by atoms with van der Waals surface area (Å²) in [5.41, 5.74) is -0.314. The number of alkyl halides is 3. The van der Waals surface area contributed by atoms with Gasteiger partial charge in [-0.3, -0.25) is 0 Å². The van der Waals surface area contributed by atoms with Gasteiger partial charge in [0.15, 0.2) is 0 Å². The van der Waals surface area contributed by atoms with E-state index in [-0.39, 0.29) is 17.7 Å². The molecule has 0 aliphatic heterocycles. The molecule has 1 heterocycles. The molecule has 1 aliphatic rings. The maximum atomic E-state index is 13.4. The van der Waals surface area contributed by atoms with E-state index in [4.69, 9.17) is 4.74 Å². The highest BCUT2D eigenvalue weighted by molar-refractivity contribution is 5.63. The van der Waals surface area contributed by atoms with Crippen molar-refractivity contribution >= 4 is 23.1 Å². The van der Waals surface area contributed by atoms with Crippen LogP contribution in [0.1, 0.15) is 37.7 Å². The number of anilines is 4. The van der Waals surface area contributed by atoms with Gasteiger partial charge in [0.25, 0.3) is 0 Å². The molecule has 1 fully saturated rings. The Labute approximate surface area is 182 Å². The molecular weight excluding hydrogens is 424 g/mol. The molecule has 1 aliphatic carbocycles. The lowest BCUT2D eigenvalue weighted by atomic mass is 9.98. The second kappa shape index (κ2) is 9.42. The molecule has 1 saturated carbocycles. The third-order valence-electron chi connectivity index (χ3n) is 5.15. The van der Waals surface area contributed by atoms with Crippen molar-refractivity contribution in [2.24, 2.45) is 0 Å². The molecule has 0 radical (unpaired) electrons. The van der Waals surface area contributed by atoms with Crippen LogP contribution in [-0.2, 0) is 6.18 Å². The van der Waals surface area contributed by atoms with Gasteiger partial charge < -0.3 is 15.4 Å². The number of hydrogen-bond donors (Lipinski definition) is 2. The highest BCUT2D eigenvalue weighted by atomic mass is 19.4. The van der Waals surface area contributed by atoms with Crippen LogP contribution in [0, 0.1) is 5.82 Å². The normalized spacial score (nSPS) is 14.8. The molecule has 3 aromatic rings. The van der Waals surface area contributed by atoms with Crippen LogP contribution in [0.15, 0.2) is 54.7 Å². The van der Waals surface area contributed by atoms with Gasteiger partial charge >= 0.3 is 6.18 Å². The second-order valence-corrected chi connectivity index (χ2v) is 7.62. The molecule has 2 aromatic carbocycles. The number of hydrogen-bond acceptors (Lipinski definition) is 5. The fourth-order valence-electron chi connectivity index (χ4n) is 3.57. The summed E-state index contributed by atoms with van der Waals surface area (Å²) in [6, 6.07) is 12.2. The molecule has 0 bridgehead atoms. The van der Waals surface area contributed by atoms with E-state index in [2.05, 4.69) is 20.6 Å². The van der Waals surface area contributed by atoms with E-state index >= 15 is 0 Å². The second-order valence-electron chi connectivity index (χ2n) is 7.62. The molecule has 2 N–H and O–H groups in total. The van der Waals surface area contributed by atoms with Crippen molar-refractivity contribution in [3.8, 4) is 5.75 Å². The summed E-state index contributed by atoms with van der Waals surface area (Å²) >= 11 is 0. The number of nitrogens with zero attached hydrogens (tertiary/aromatic N) is 2. The quantitative estimate of drug-likeness (QED) is 0.406. The van der Waals surface area contributed by atoms with E-state index in [9.17, 15) is 17.6 Å². The summed E-state index contributed by atoms with van der Waals surface area (Å²) in [6.45, 7) is 0. The van der Waals surface area contributed by atoms with Crippen molar-refractivity contribution in [1.29, 1.82) is 0 Å². The summed E-state index contributed by atoms with van der Waals surface area (Å²) in [5.74, 6) is -0.341. The van der Waals surface area contributed by atoms with Crippen LogP contribution in [-0.4, -0.2) is 16.1 Å². The molecule has 0 atom stereocenters. The van der Waals surface area contributed by atoms with Crippen LogP contribution in [0.4, 0.5) is 40.7 Å². The lowest BCUT2D eigenvalue weighted by Gasteiger charge is -2.23. The summed E-state index contributed by atoms with van der Waals surface area (Å²) in [6.07, 6.45) is 1.90. The Hall–Kier alpha value is -3.36. The number of nitrogens with one attached hydrogen (secondary N) is 2. The third kappa shape index (κ3) is 5.66. The molecule has 0 amide bonds. The van der Waals surface area contributed by atoms with Gasteiger partial charge in [-0.05, 0) is 68.1 Å². The molecule has 0 unspecified atom stereocenters. The van der Waals surface area contributed by atoms with Crippen molar-refractivity contribution in [2.75, 3.05) is 10.6 Å². The Morgan fingerprint density at radius 1 is 0.906 bits per heavy atom. The first-order valence-electron chi connectivity index (χ1n) is 10.4. The maximum absolute atomic E-state index is 13.4. The molecule has 4 rings (SSSR count). The minimum atomic E-state index is -4.67. The first-order chi connectivity index (χ1) is 15.4. The Morgan fingerprint density at radius 3 is 2.34 bits per heavy atom. The van der Waals surface area contributed by atoms with Gasteiger partial charge in [0.2, 0.25) is 5.95 Å². The fourth-order valence-corrected chi connectivity index (χ4v) is 3.57. The largest absolute Gasteiger partial charge is 0.490 e. The zero-order valence-corrected chi connectivity index (χ0v) is 17.1. The lowest BCUT2D eigenvalue weighted by Crippen LogP contribution is -2.19. The van der Waals surface area contributed by atoms with Crippen LogP contribution < -0.4 is 15.4 Å². The minimum Gasteiger partial charge on any atom is -0.490 e. The number of halogens is 4. The lowest BCUT2D eigenvalue weighted by molar-refractivity contribution is -0.137. The monoisotopic (exact) mass is 446 g/mol. The summed E-state index contributed by atoms with van der Waals surface area (Å²) in [7, 11) is 0. The van der Waals surface area contributed by atoms with Crippen LogP contribution in [0.25, 0.3) is 0 Å². The summed E-state index contributed by atoms with van der Waals surface area (Å²) in [5, 5.41) is 5.42. The fraction of sp³-hybridized carbons (Fsp3) is 0.304. The average Bonchev–Trinajstić information content (AvgIpc) is 2.75. The molecule has 0 saturated heterocycles. The Kier molecular flexibility index (Phi) is 6.43. The molecule has 1 aromatic heterocycles. The first-order valence-corrected chi connectivity index (χ1v) is 10.4. The van der Waals surface area contributed by atoms with Crippen molar-refractivity contribution in [2.45, 2.75) is 44.4 Å². The van der Waals surface area contributed by atoms with E-state index in [1.165, 1.54) is 37.5 Å². The smallest absolute Gasteiger partial charge is 0.421 e. The third-order valence-corrected chi connectivity index (χ3v) is 5.15. The number of benzene rings is 2. The minimum absolute atomic E-state index is 0.0298. The molecule has 0 spiro atoms. The molecular formula is C23H22F4N4O. The van der Waals surface area contributed by atoms with Gasteiger partial charge in [-0.1, -0.05) is 12.5 Å². The van der Waals surface area contributed by atoms with E-state index in [0.29, 0.717) is 11.9 Å². The number of rotatable bonds is 6.